The van der Waals surface area contributed by atoms with Gasteiger partial charge in [-0.2, -0.15) is 5.26 Å². The Morgan fingerprint density at radius 3 is 2.50 bits per heavy atom. The van der Waals surface area contributed by atoms with Gasteiger partial charge in [0.2, 0.25) is 5.91 Å². The van der Waals surface area contributed by atoms with Gasteiger partial charge in [0.25, 0.3) is 0 Å². The normalized spacial score (nSPS) is 15.4. The molecule has 0 spiro atoms. The van der Waals surface area contributed by atoms with E-state index in [1.54, 1.807) is 25.3 Å². The summed E-state index contributed by atoms with van der Waals surface area (Å²) in [5.41, 5.74) is -0.230. The molecular weight excluding hydrogens is 232 g/mol. The summed E-state index contributed by atoms with van der Waals surface area (Å²) in [5.74, 6) is 0.881. The second-order valence-corrected chi connectivity index (χ2v) is 4.22. The van der Waals surface area contributed by atoms with E-state index in [1.165, 1.54) is 7.11 Å². The smallest absolute Gasteiger partial charge is 0.244 e. The lowest BCUT2D eigenvalue weighted by atomic mass is 10.1. The number of hydrogen-bond donors (Lipinski definition) is 1. The molecule has 2 rings (SSSR count). The minimum absolute atomic E-state index is 0.253. The average molecular weight is 246 g/mol. The van der Waals surface area contributed by atoms with Gasteiger partial charge >= 0.3 is 0 Å². The Morgan fingerprint density at radius 1 is 1.33 bits per heavy atom. The Bertz CT molecular complexity index is 515. The van der Waals surface area contributed by atoms with E-state index >= 15 is 0 Å². The van der Waals surface area contributed by atoms with Crippen molar-refractivity contribution in [2.45, 2.75) is 12.8 Å². The van der Waals surface area contributed by atoms with E-state index in [9.17, 15) is 4.79 Å². The van der Waals surface area contributed by atoms with Crippen molar-refractivity contribution >= 4 is 11.6 Å². The van der Waals surface area contributed by atoms with E-state index in [2.05, 4.69) is 11.4 Å². The third-order valence-electron chi connectivity index (χ3n) is 3.04. The third kappa shape index (κ3) is 2.09. The van der Waals surface area contributed by atoms with Gasteiger partial charge in [-0.15, -0.1) is 0 Å². The lowest BCUT2D eigenvalue weighted by Crippen LogP contribution is -2.22. The number of rotatable bonds is 4. The Kier molecular flexibility index (Phi) is 3.11. The van der Waals surface area contributed by atoms with Gasteiger partial charge in [0.15, 0.2) is 11.5 Å². The molecule has 5 heteroatoms. The van der Waals surface area contributed by atoms with Crippen LogP contribution in [0.2, 0.25) is 0 Å². The van der Waals surface area contributed by atoms with E-state index < -0.39 is 5.41 Å². The molecule has 0 bridgehead atoms. The Balaban J connectivity index is 2.15. The average Bonchev–Trinajstić information content (AvgIpc) is 3.19. The van der Waals surface area contributed by atoms with E-state index in [0.29, 0.717) is 30.0 Å². The first-order valence-corrected chi connectivity index (χ1v) is 5.60. The standard InChI is InChI=1S/C13H14N2O3/c1-17-10-4-3-9(7-11(10)18-2)15-12(16)13(8-14)5-6-13/h3-4,7H,5-6H2,1-2H3,(H,15,16). The maximum absolute atomic E-state index is 11.9. The van der Waals surface area contributed by atoms with Gasteiger partial charge in [-0.25, -0.2) is 0 Å². The fourth-order valence-electron chi connectivity index (χ4n) is 1.68. The maximum Gasteiger partial charge on any atom is 0.244 e. The number of hydrogen-bond acceptors (Lipinski definition) is 4. The Labute approximate surface area is 105 Å². The van der Waals surface area contributed by atoms with Crippen molar-refractivity contribution < 1.29 is 14.3 Å². The number of methoxy groups -OCH3 is 2. The SMILES string of the molecule is COc1ccc(NC(=O)C2(C#N)CC2)cc1OC. The summed E-state index contributed by atoms with van der Waals surface area (Å²) in [4.78, 5) is 11.9. The van der Waals surface area contributed by atoms with Crippen LogP contribution in [0.15, 0.2) is 18.2 Å². The number of amides is 1. The summed E-state index contributed by atoms with van der Waals surface area (Å²) in [5, 5.41) is 11.7. The molecule has 0 saturated heterocycles. The van der Waals surface area contributed by atoms with Crippen molar-refractivity contribution in [3.05, 3.63) is 18.2 Å². The van der Waals surface area contributed by atoms with Crippen LogP contribution in [0.3, 0.4) is 0 Å². The zero-order valence-electron chi connectivity index (χ0n) is 10.3. The Morgan fingerprint density at radius 2 is 2.00 bits per heavy atom. The van der Waals surface area contributed by atoms with Gasteiger partial charge in [-0.1, -0.05) is 0 Å². The molecule has 5 nitrogen and oxygen atoms in total. The zero-order valence-corrected chi connectivity index (χ0v) is 10.3. The first-order valence-electron chi connectivity index (χ1n) is 5.60. The molecule has 0 radical (unpaired) electrons. The highest BCUT2D eigenvalue weighted by atomic mass is 16.5. The van der Waals surface area contributed by atoms with Crippen LogP contribution in [0.5, 0.6) is 11.5 Å². The molecule has 18 heavy (non-hydrogen) atoms. The predicted octanol–water partition coefficient (Wildman–Crippen LogP) is 1.95. The summed E-state index contributed by atoms with van der Waals surface area (Å²) >= 11 is 0. The summed E-state index contributed by atoms with van der Waals surface area (Å²) in [6.07, 6.45) is 1.26. The van der Waals surface area contributed by atoms with Gasteiger partial charge in [0, 0.05) is 11.8 Å². The van der Waals surface area contributed by atoms with Crippen LogP contribution in [0.4, 0.5) is 5.69 Å². The number of anilines is 1. The summed E-state index contributed by atoms with van der Waals surface area (Å²) in [6.45, 7) is 0. The molecule has 0 heterocycles. The minimum atomic E-state index is -0.826. The predicted molar refractivity (Wildman–Crippen MR) is 65.5 cm³/mol. The largest absolute Gasteiger partial charge is 0.493 e. The second-order valence-electron chi connectivity index (χ2n) is 4.22. The maximum atomic E-state index is 11.9. The molecular formula is C13H14N2O3. The van der Waals surface area contributed by atoms with Crippen LogP contribution in [0, 0.1) is 16.7 Å². The molecule has 1 fully saturated rings. The van der Waals surface area contributed by atoms with Crippen molar-refractivity contribution in [2.24, 2.45) is 5.41 Å². The van der Waals surface area contributed by atoms with Gasteiger partial charge in [-0.3, -0.25) is 4.79 Å². The molecule has 94 valence electrons. The molecule has 0 aromatic heterocycles. The lowest BCUT2D eigenvalue weighted by molar-refractivity contribution is -0.119. The van der Waals surface area contributed by atoms with Crippen molar-refractivity contribution in [3.8, 4) is 17.6 Å². The summed E-state index contributed by atoms with van der Waals surface area (Å²) in [7, 11) is 3.08. The van der Waals surface area contributed by atoms with Crippen LogP contribution in [-0.4, -0.2) is 20.1 Å². The quantitative estimate of drug-likeness (QED) is 0.881. The highest BCUT2D eigenvalue weighted by Crippen LogP contribution is 2.46. The summed E-state index contributed by atoms with van der Waals surface area (Å²) < 4.78 is 10.3. The fourth-order valence-corrected chi connectivity index (χ4v) is 1.68. The van der Waals surface area contributed by atoms with E-state index in [0.717, 1.165) is 0 Å². The molecule has 0 unspecified atom stereocenters. The minimum Gasteiger partial charge on any atom is -0.493 e. The van der Waals surface area contributed by atoms with E-state index in [-0.39, 0.29) is 5.91 Å². The first-order chi connectivity index (χ1) is 8.65. The number of nitrogens with zero attached hydrogens (tertiary/aromatic N) is 1. The monoisotopic (exact) mass is 246 g/mol. The second kappa shape index (κ2) is 4.57. The highest BCUT2D eigenvalue weighted by Gasteiger charge is 2.50. The molecule has 0 aliphatic heterocycles. The van der Waals surface area contributed by atoms with Gasteiger partial charge in [0.1, 0.15) is 5.41 Å². The number of ether oxygens (including phenoxy) is 2. The zero-order chi connectivity index (χ0) is 13.2. The van der Waals surface area contributed by atoms with Crippen LogP contribution in [-0.2, 0) is 4.79 Å². The van der Waals surface area contributed by atoms with Crippen LogP contribution < -0.4 is 14.8 Å². The molecule has 1 aromatic carbocycles. The molecule has 1 N–H and O–H groups in total. The molecule has 1 aliphatic carbocycles. The molecule has 1 aromatic rings. The topological polar surface area (TPSA) is 71.3 Å². The van der Waals surface area contributed by atoms with Crippen LogP contribution in [0.25, 0.3) is 0 Å². The lowest BCUT2D eigenvalue weighted by Gasteiger charge is -2.11. The highest BCUT2D eigenvalue weighted by molar-refractivity contribution is 5.99. The number of nitriles is 1. The van der Waals surface area contributed by atoms with Crippen molar-refractivity contribution in [2.75, 3.05) is 19.5 Å². The summed E-state index contributed by atoms with van der Waals surface area (Å²) in [6, 6.07) is 7.15. The Hall–Kier alpha value is -2.22. The van der Waals surface area contributed by atoms with Crippen molar-refractivity contribution in [1.82, 2.24) is 0 Å². The number of carbonyl (C=O) groups excluding carboxylic acids is 1. The van der Waals surface area contributed by atoms with Gasteiger partial charge < -0.3 is 14.8 Å². The fraction of sp³-hybridized carbons (Fsp3) is 0.385. The van der Waals surface area contributed by atoms with Gasteiger partial charge in [-0.05, 0) is 25.0 Å². The molecule has 1 amide bonds. The van der Waals surface area contributed by atoms with E-state index in [4.69, 9.17) is 14.7 Å². The molecule has 1 aliphatic rings. The third-order valence-corrected chi connectivity index (χ3v) is 3.04. The first kappa shape index (κ1) is 12.2. The van der Waals surface area contributed by atoms with Crippen LogP contribution in [0.1, 0.15) is 12.8 Å². The number of nitrogens with one attached hydrogen (secondary N) is 1. The van der Waals surface area contributed by atoms with Crippen molar-refractivity contribution in [1.29, 1.82) is 5.26 Å². The number of benzene rings is 1. The molecule has 1 saturated carbocycles. The van der Waals surface area contributed by atoms with Crippen molar-refractivity contribution in [3.63, 3.8) is 0 Å². The molecule has 0 atom stereocenters. The number of carbonyl (C=O) groups is 1. The van der Waals surface area contributed by atoms with Gasteiger partial charge in [0.05, 0.1) is 20.3 Å². The van der Waals surface area contributed by atoms with E-state index in [1.807, 2.05) is 0 Å². The van der Waals surface area contributed by atoms with Crippen LogP contribution >= 0.6 is 0 Å².